The molecule has 0 spiro atoms. The molecule has 2 heteroatoms. The van der Waals surface area contributed by atoms with Crippen LogP contribution in [0.15, 0.2) is 18.2 Å². The van der Waals surface area contributed by atoms with Crippen LogP contribution in [-0.4, -0.2) is 6.54 Å². The van der Waals surface area contributed by atoms with E-state index in [9.17, 15) is 0 Å². The van der Waals surface area contributed by atoms with Gasteiger partial charge in [0, 0.05) is 13.1 Å². The van der Waals surface area contributed by atoms with Crippen molar-refractivity contribution in [3.05, 3.63) is 34.9 Å². The van der Waals surface area contributed by atoms with E-state index in [4.69, 9.17) is 5.26 Å². The molecule has 84 valence electrons. The van der Waals surface area contributed by atoms with E-state index in [1.807, 2.05) is 0 Å². The lowest BCUT2D eigenvalue weighted by molar-refractivity contribution is 0.558. The first-order valence-electron chi connectivity index (χ1n) is 5.83. The van der Waals surface area contributed by atoms with E-state index in [2.05, 4.69) is 43.4 Å². The highest BCUT2D eigenvalue weighted by molar-refractivity contribution is 5.29. The van der Waals surface area contributed by atoms with Gasteiger partial charge in [0.1, 0.15) is 0 Å². The van der Waals surface area contributed by atoms with E-state index < -0.39 is 0 Å². The van der Waals surface area contributed by atoms with Crippen LogP contribution in [0.25, 0.3) is 0 Å². The third kappa shape index (κ3) is 2.43. The molecule has 0 bridgehead atoms. The van der Waals surface area contributed by atoms with Gasteiger partial charge in [-0.3, -0.25) is 0 Å². The van der Waals surface area contributed by atoms with Gasteiger partial charge in [-0.25, -0.2) is 0 Å². The van der Waals surface area contributed by atoms with Crippen LogP contribution in [0, 0.1) is 30.6 Å². The van der Waals surface area contributed by atoms with E-state index in [-0.39, 0.29) is 5.41 Å². The van der Waals surface area contributed by atoms with Crippen molar-refractivity contribution in [2.45, 2.75) is 33.2 Å². The molecule has 0 unspecified atom stereocenters. The predicted molar refractivity (Wildman–Crippen MR) is 64.9 cm³/mol. The summed E-state index contributed by atoms with van der Waals surface area (Å²) in [5.41, 5.74) is 3.93. The summed E-state index contributed by atoms with van der Waals surface area (Å²) < 4.78 is 0. The molecule has 0 atom stereocenters. The maximum absolute atomic E-state index is 8.94. The van der Waals surface area contributed by atoms with Crippen LogP contribution in [0.4, 0.5) is 0 Å². The summed E-state index contributed by atoms with van der Waals surface area (Å²) in [5.74, 6) is 0. The minimum absolute atomic E-state index is 0.0419. The number of nitriles is 1. The third-order valence-corrected chi connectivity index (χ3v) is 3.45. The van der Waals surface area contributed by atoms with Crippen molar-refractivity contribution in [1.29, 1.82) is 5.26 Å². The van der Waals surface area contributed by atoms with E-state index in [1.165, 1.54) is 16.7 Å². The van der Waals surface area contributed by atoms with Crippen LogP contribution in [0.3, 0.4) is 0 Å². The fourth-order valence-corrected chi connectivity index (χ4v) is 1.84. The van der Waals surface area contributed by atoms with Crippen LogP contribution in [-0.2, 0) is 6.54 Å². The van der Waals surface area contributed by atoms with Crippen LogP contribution >= 0.6 is 0 Å². The number of nitrogens with one attached hydrogen (secondary N) is 1. The maximum atomic E-state index is 8.94. The van der Waals surface area contributed by atoms with Gasteiger partial charge in [0.2, 0.25) is 0 Å². The molecule has 0 radical (unpaired) electrons. The van der Waals surface area contributed by atoms with Gasteiger partial charge in [0.15, 0.2) is 0 Å². The Labute approximate surface area is 97.3 Å². The Bertz CT molecular complexity index is 425. The molecule has 1 N–H and O–H groups in total. The summed E-state index contributed by atoms with van der Waals surface area (Å²) >= 11 is 0. The SMILES string of the molecule is Cc1ccc(CNCC2(C#N)CC2)cc1C. The third-order valence-electron chi connectivity index (χ3n) is 3.45. The number of benzene rings is 1. The number of aryl methyl sites for hydroxylation is 2. The molecule has 0 amide bonds. The molecule has 2 rings (SSSR count). The second kappa shape index (κ2) is 4.27. The van der Waals surface area contributed by atoms with Crippen LogP contribution < -0.4 is 5.32 Å². The first-order valence-corrected chi connectivity index (χ1v) is 5.83. The van der Waals surface area contributed by atoms with Crippen LogP contribution in [0.1, 0.15) is 29.5 Å². The normalized spacial score (nSPS) is 16.8. The standard InChI is InChI=1S/C14H18N2/c1-11-3-4-13(7-12(11)2)8-16-10-14(9-15)5-6-14/h3-4,7,16H,5-6,8,10H2,1-2H3. The quantitative estimate of drug-likeness (QED) is 0.836. The van der Waals surface area contributed by atoms with Crippen LogP contribution in [0.2, 0.25) is 0 Å². The van der Waals surface area contributed by atoms with Crippen molar-refractivity contribution in [1.82, 2.24) is 5.32 Å². The highest BCUT2D eigenvalue weighted by Gasteiger charge is 2.42. The summed E-state index contributed by atoms with van der Waals surface area (Å²) in [6, 6.07) is 8.92. The van der Waals surface area contributed by atoms with Gasteiger partial charge in [-0.15, -0.1) is 0 Å². The average molecular weight is 214 g/mol. The van der Waals surface area contributed by atoms with Gasteiger partial charge >= 0.3 is 0 Å². The zero-order valence-electron chi connectivity index (χ0n) is 10.0. The molecule has 0 aromatic heterocycles. The molecule has 0 heterocycles. The van der Waals surface area contributed by atoms with Crippen molar-refractivity contribution in [3.63, 3.8) is 0 Å². The minimum Gasteiger partial charge on any atom is -0.311 e. The lowest BCUT2D eigenvalue weighted by Crippen LogP contribution is -2.22. The molecule has 1 aliphatic carbocycles. The fourth-order valence-electron chi connectivity index (χ4n) is 1.84. The molecule has 1 fully saturated rings. The molecule has 1 aromatic carbocycles. The van der Waals surface area contributed by atoms with Gasteiger partial charge < -0.3 is 5.32 Å². The Morgan fingerprint density at radius 1 is 1.31 bits per heavy atom. The summed E-state index contributed by atoms with van der Waals surface area (Å²) in [6.07, 6.45) is 2.12. The van der Waals surface area contributed by atoms with Gasteiger partial charge in [-0.05, 0) is 43.4 Å². The molecule has 1 saturated carbocycles. The van der Waals surface area contributed by atoms with E-state index in [1.54, 1.807) is 0 Å². The smallest absolute Gasteiger partial charge is 0.0703 e. The highest BCUT2D eigenvalue weighted by Crippen LogP contribution is 2.44. The van der Waals surface area contributed by atoms with Crippen molar-refractivity contribution in [2.24, 2.45) is 5.41 Å². The van der Waals surface area contributed by atoms with Crippen molar-refractivity contribution < 1.29 is 0 Å². The zero-order chi connectivity index (χ0) is 11.6. The zero-order valence-corrected chi connectivity index (χ0v) is 10.0. The van der Waals surface area contributed by atoms with E-state index >= 15 is 0 Å². The number of nitrogens with zero attached hydrogens (tertiary/aromatic N) is 1. The summed E-state index contributed by atoms with van der Waals surface area (Å²) in [5, 5.41) is 12.3. The fraction of sp³-hybridized carbons (Fsp3) is 0.500. The molecule has 0 aliphatic heterocycles. The molecule has 0 saturated heterocycles. The first-order chi connectivity index (χ1) is 7.65. The monoisotopic (exact) mass is 214 g/mol. The molecule has 2 nitrogen and oxygen atoms in total. The van der Waals surface area contributed by atoms with Crippen molar-refractivity contribution in [3.8, 4) is 6.07 Å². The number of rotatable bonds is 4. The Hall–Kier alpha value is -1.33. The topological polar surface area (TPSA) is 35.8 Å². The van der Waals surface area contributed by atoms with Gasteiger partial charge in [0.25, 0.3) is 0 Å². The Morgan fingerprint density at radius 2 is 2.06 bits per heavy atom. The first kappa shape index (κ1) is 11.2. The molecule has 1 aliphatic rings. The highest BCUT2D eigenvalue weighted by atomic mass is 14.9. The maximum Gasteiger partial charge on any atom is 0.0703 e. The lowest BCUT2D eigenvalue weighted by atomic mass is 10.1. The van der Waals surface area contributed by atoms with E-state index in [0.717, 1.165) is 25.9 Å². The summed E-state index contributed by atoms with van der Waals surface area (Å²) in [4.78, 5) is 0. The van der Waals surface area contributed by atoms with Crippen LogP contribution in [0.5, 0.6) is 0 Å². The van der Waals surface area contributed by atoms with Gasteiger partial charge in [-0.2, -0.15) is 5.26 Å². The van der Waals surface area contributed by atoms with E-state index in [0.29, 0.717) is 0 Å². The Kier molecular flexibility index (Phi) is 2.98. The number of hydrogen-bond acceptors (Lipinski definition) is 2. The minimum atomic E-state index is -0.0419. The van der Waals surface area contributed by atoms with Crippen molar-refractivity contribution >= 4 is 0 Å². The summed E-state index contributed by atoms with van der Waals surface area (Å²) in [7, 11) is 0. The average Bonchev–Trinajstić information content (AvgIpc) is 3.04. The second-order valence-electron chi connectivity index (χ2n) is 4.91. The lowest BCUT2D eigenvalue weighted by Gasteiger charge is -2.09. The molecule has 1 aromatic rings. The Balaban J connectivity index is 1.86. The van der Waals surface area contributed by atoms with Crippen molar-refractivity contribution in [2.75, 3.05) is 6.54 Å². The van der Waals surface area contributed by atoms with Gasteiger partial charge in [-0.1, -0.05) is 18.2 Å². The van der Waals surface area contributed by atoms with Gasteiger partial charge in [0.05, 0.1) is 11.5 Å². The molecular formula is C14H18N2. The molecule has 16 heavy (non-hydrogen) atoms. The second-order valence-corrected chi connectivity index (χ2v) is 4.91. The number of hydrogen-bond donors (Lipinski definition) is 1. The Morgan fingerprint density at radius 3 is 2.62 bits per heavy atom. The summed E-state index contributed by atoms with van der Waals surface area (Å²) in [6.45, 7) is 5.96. The predicted octanol–water partition coefficient (Wildman–Crippen LogP) is 2.70. The molecular weight excluding hydrogens is 196 g/mol. The largest absolute Gasteiger partial charge is 0.311 e.